The van der Waals surface area contributed by atoms with Crippen molar-refractivity contribution in [3.05, 3.63) is 12.7 Å². The van der Waals surface area contributed by atoms with E-state index in [9.17, 15) is 13.2 Å². The summed E-state index contributed by atoms with van der Waals surface area (Å²) in [5.74, 6) is -1.62. The molecule has 0 radical (unpaired) electrons. The number of aliphatic hydroxyl groups is 1. The summed E-state index contributed by atoms with van der Waals surface area (Å²) in [6.45, 7) is 4.66. The first-order chi connectivity index (χ1) is 5.91. The summed E-state index contributed by atoms with van der Waals surface area (Å²) in [7, 11) is -3.98. The van der Waals surface area contributed by atoms with Crippen molar-refractivity contribution in [3.63, 3.8) is 0 Å². The van der Waals surface area contributed by atoms with Crippen molar-refractivity contribution in [2.24, 2.45) is 0 Å². The Morgan fingerprint density at radius 2 is 2.14 bits per heavy atom. The molecular weight excluding hydrogens is 219 g/mol. The van der Waals surface area contributed by atoms with Crippen molar-refractivity contribution in [3.8, 4) is 0 Å². The summed E-state index contributed by atoms with van der Waals surface area (Å²) in [6.07, 6.45) is 0.0171. The maximum absolute atomic E-state index is 10.9. The van der Waals surface area contributed by atoms with Crippen LogP contribution in [-0.4, -0.2) is 60.9 Å². The molecule has 1 unspecified atom stereocenters. The fourth-order valence-electron chi connectivity index (χ4n) is 0.547. The Bertz CT molecular complexity index is 284. The van der Waals surface area contributed by atoms with Gasteiger partial charge in [0.1, 0.15) is 5.75 Å². The minimum absolute atomic E-state index is 0. The molecule has 5 nitrogen and oxygen atoms in total. The van der Waals surface area contributed by atoms with Crippen molar-refractivity contribution in [2.45, 2.75) is 19.4 Å². The quantitative estimate of drug-likeness (QED) is 0.380. The van der Waals surface area contributed by atoms with Crippen LogP contribution in [0.15, 0.2) is 12.7 Å². The van der Waals surface area contributed by atoms with E-state index in [0.29, 0.717) is 0 Å². The number of aliphatic hydroxyl groups excluding tert-OH is 1. The summed E-state index contributed by atoms with van der Waals surface area (Å²) < 4.78 is 25.9. The summed E-state index contributed by atoms with van der Waals surface area (Å²) >= 11 is 0. The van der Waals surface area contributed by atoms with Gasteiger partial charge in [-0.15, -0.1) is 0 Å². The molecule has 0 aromatic carbocycles. The average molecular weight is 232 g/mol. The molecule has 0 heterocycles. The van der Waals surface area contributed by atoms with Gasteiger partial charge < -0.3 is 9.29 Å². The van der Waals surface area contributed by atoms with E-state index < -0.39 is 27.9 Å². The number of rotatable bonds is 5. The van der Waals surface area contributed by atoms with Crippen molar-refractivity contribution in [2.75, 3.05) is 5.75 Å². The van der Waals surface area contributed by atoms with Crippen molar-refractivity contribution in [1.82, 2.24) is 0 Å². The van der Waals surface area contributed by atoms with Crippen molar-refractivity contribution in [1.29, 1.82) is 0 Å². The summed E-state index contributed by atoms with van der Waals surface area (Å²) in [6, 6.07) is 0. The van der Waals surface area contributed by atoms with Gasteiger partial charge in [0, 0.05) is 6.08 Å². The van der Waals surface area contributed by atoms with Gasteiger partial charge in [-0.25, -0.2) is 4.79 Å². The van der Waals surface area contributed by atoms with E-state index in [1.54, 1.807) is 6.92 Å². The molecule has 0 aromatic rings. The topological polar surface area (TPSA) is 80.7 Å². The van der Waals surface area contributed by atoms with Crippen LogP contribution in [0.2, 0.25) is 0 Å². The molecular formula is C7H13NaO5S. The Morgan fingerprint density at radius 3 is 2.50 bits per heavy atom. The van der Waals surface area contributed by atoms with E-state index in [4.69, 9.17) is 5.11 Å². The summed E-state index contributed by atoms with van der Waals surface area (Å²) in [4.78, 5) is 10.5. The molecule has 0 aliphatic heterocycles. The predicted octanol–water partition coefficient (Wildman–Crippen LogP) is -0.832. The molecule has 14 heavy (non-hydrogen) atoms. The number of hydrogen-bond donors (Lipinski definition) is 1. The molecule has 0 rings (SSSR count). The van der Waals surface area contributed by atoms with E-state index in [-0.39, 0.29) is 36.0 Å². The second-order valence-electron chi connectivity index (χ2n) is 2.39. The molecule has 0 aromatic heterocycles. The molecule has 0 spiro atoms. The van der Waals surface area contributed by atoms with E-state index in [2.05, 4.69) is 10.8 Å². The fourth-order valence-corrected chi connectivity index (χ4v) is 1.64. The van der Waals surface area contributed by atoms with Gasteiger partial charge in [0.05, 0.1) is 6.10 Å². The van der Waals surface area contributed by atoms with Gasteiger partial charge in [0.2, 0.25) is 0 Å². The second kappa shape index (κ2) is 7.42. The zero-order valence-electron chi connectivity index (χ0n) is 7.26. The van der Waals surface area contributed by atoms with Crippen LogP contribution in [0, 0.1) is 0 Å². The average Bonchev–Trinajstić information content (AvgIpc) is 2.02. The van der Waals surface area contributed by atoms with Crippen LogP contribution in [0.25, 0.3) is 0 Å². The first-order valence-electron chi connectivity index (χ1n) is 3.68. The second-order valence-corrected chi connectivity index (χ2v) is 4.01. The van der Waals surface area contributed by atoms with E-state index in [1.807, 2.05) is 0 Å². The Morgan fingerprint density at radius 1 is 1.64 bits per heavy atom. The normalized spacial score (nSPS) is 12.4. The third-order valence-corrected chi connectivity index (χ3v) is 2.45. The monoisotopic (exact) mass is 232 g/mol. The van der Waals surface area contributed by atoms with Gasteiger partial charge in [-0.05, 0) is 6.42 Å². The molecule has 1 atom stereocenters. The number of hydrogen-bond acceptors (Lipinski definition) is 5. The molecule has 78 valence electrons. The summed E-state index contributed by atoms with van der Waals surface area (Å²) in [5.41, 5.74) is 0. The molecule has 0 saturated heterocycles. The standard InChI is InChI=1S/C7H12O5S.Na.H/c1-3-6(8)5-13(10,11)12-7(9)4-2;;/h4,6,8H,2-3,5H2,1H3;;. The fraction of sp³-hybridized carbons (Fsp3) is 0.571. The third kappa shape index (κ3) is 7.52. The van der Waals surface area contributed by atoms with E-state index >= 15 is 0 Å². The molecule has 7 heteroatoms. The first-order valence-corrected chi connectivity index (χ1v) is 5.25. The minimum atomic E-state index is -3.98. The predicted molar refractivity (Wildman–Crippen MR) is 53.5 cm³/mol. The zero-order chi connectivity index (χ0) is 10.5. The van der Waals surface area contributed by atoms with Crippen molar-refractivity contribution >= 4 is 45.6 Å². The van der Waals surface area contributed by atoms with Gasteiger partial charge >= 0.3 is 45.6 Å². The van der Waals surface area contributed by atoms with Gasteiger partial charge in [0.25, 0.3) is 0 Å². The molecule has 0 fully saturated rings. The third-order valence-electron chi connectivity index (χ3n) is 1.24. The molecule has 0 aliphatic rings. The van der Waals surface area contributed by atoms with Crippen LogP contribution in [-0.2, 0) is 19.1 Å². The van der Waals surface area contributed by atoms with E-state index in [0.717, 1.165) is 6.08 Å². The SMILES string of the molecule is C=CC(=O)OS(=O)(=O)CC(O)CC.[NaH]. The number of carbonyl (C=O) groups excluding carboxylic acids is 1. The van der Waals surface area contributed by atoms with Crippen LogP contribution in [0.5, 0.6) is 0 Å². The molecule has 1 N–H and O–H groups in total. The Labute approximate surface area is 106 Å². The van der Waals surface area contributed by atoms with Crippen molar-refractivity contribution < 1.29 is 22.5 Å². The number of carbonyl (C=O) groups is 1. The van der Waals surface area contributed by atoms with Crippen LogP contribution >= 0.6 is 0 Å². The molecule has 0 bridgehead atoms. The molecule has 0 saturated carbocycles. The van der Waals surface area contributed by atoms with Crippen LogP contribution in [0.4, 0.5) is 0 Å². The summed E-state index contributed by atoms with van der Waals surface area (Å²) in [5, 5.41) is 8.98. The van der Waals surface area contributed by atoms with Gasteiger partial charge in [0.15, 0.2) is 0 Å². The van der Waals surface area contributed by atoms with Gasteiger partial charge in [-0.1, -0.05) is 13.5 Å². The van der Waals surface area contributed by atoms with Gasteiger partial charge in [-0.3, -0.25) is 0 Å². The van der Waals surface area contributed by atoms with Crippen LogP contribution in [0.3, 0.4) is 0 Å². The van der Waals surface area contributed by atoms with E-state index in [1.165, 1.54) is 0 Å². The molecule has 0 amide bonds. The van der Waals surface area contributed by atoms with Crippen LogP contribution < -0.4 is 0 Å². The first kappa shape index (κ1) is 16.5. The zero-order valence-corrected chi connectivity index (χ0v) is 8.08. The maximum atomic E-state index is 10.9. The van der Waals surface area contributed by atoms with Gasteiger partial charge in [-0.2, -0.15) is 8.42 Å². The molecule has 0 aliphatic carbocycles. The van der Waals surface area contributed by atoms with Crippen LogP contribution in [0.1, 0.15) is 13.3 Å². The Balaban J connectivity index is 0. The Hall–Kier alpha value is 0.120. The Kier molecular flexibility index (Phi) is 8.77.